The normalized spacial score (nSPS) is 25.4. The van der Waals surface area contributed by atoms with Gasteiger partial charge in [-0.25, -0.2) is 0 Å². The van der Waals surface area contributed by atoms with E-state index >= 15 is 0 Å². The van der Waals surface area contributed by atoms with E-state index in [4.69, 9.17) is 21.1 Å². The van der Waals surface area contributed by atoms with Crippen LogP contribution in [0.5, 0.6) is 5.75 Å². The van der Waals surface area contributed by atoms with Crippen LogP contribution in [-0.4, -0.2) is 24.2 Å². The highest BCUT2D eigenvalue weighted by molar-refractivity contribution is 6.21. The van der Waals surface area contributed by atoms with E-state index in [2.05, 4.69) is 25.1 Å². The van der Waals surface area contributed by atoms with Crippen molar-refractivity contribution in [3.63, 3.8) is 0 Å². The Kier molecular flexibility index (Phi) is 4.13. The summed E-state index contributed by atoms with van der Waals surface area (Å²) in [6.07, 6.45) is 1.92. The maximum absolute atomic E-state index is 6.22. The standard InChI is InChI=1S/C17H19ClO2/c1-2-10-19-17-14(18)11-16(17)20-15-9-5-7-12-6-3-4-8-13(12)15/h3-9,14,16-17H,2,10-11H2,1H3. The molecule has 3 rings (SSSR count). The molecule has 0 heterocycles. The van der Waals surface area contributed by atoms with Crippen molar-refractivity contribution in [1.29, 1.82) is 0 Å². The number of alkyl halides is 1. The Labute approximate surface area is 124 Å². The van der Waals surface area contributed by atoms with Crippen molar-refractivity contribution in [2.45, 2.75) is 37.4 Å². The first-order valence-electron chi connectivity index (χ1n) is 7.19. The highest BCUT2D eigenvalue weighted by Gasteiger charge is 2.42. The van der Waals surface area contributed by atoms with Crippen LogP contribution in [0.2, 0.25) is 0 Å². The maximum atomic E-state index is 6.22. The van der Waals surface area contributed by atoms with Gasteiger partial charge in [-0.2, -0.15) is 0 Å². The minimum atomic E-state index is 0.00980. The summed E-state index contributed by atoms with van der Waals surface area (Å²) in [5.74, 6) is 0.918. The second kappa shape index (κ2) is 6.02. The van der Waals surface area contributed by atoms with Gasteiger partial charge in [0.1, 0.15) is 18.0 Å². The minimum Gasteiger partial charge on any atom is -0.487 e. The van der Waals surface area contributed by atoms with Crippen molar-refractivity contribution < 1.29 is 9.47 Å². The molecule has 20 heavy (non-hydrogen) atoms. The van der Waals surface area contributed by atoms with E-state index in [-0.39, 0.29) is 17.6 Å². The second-order valence-corrected chi connectivity index (χ2v) is 5.78. The molecule has 2 aromatic rings. The van der Waals surface area contributed by atoms with Gasteiger partial charge in [0.25, 0.3) is 0 Å². The molecule has 2 aromatic carbocycles. The van der Waals surface area contributed by atoms with E-state index in [9.17, 15) is 0 Å². The van der Waals surface area contributed by atoms with Crippen molar-refractivity contribution in [2.24, 2.45) is 0 Å². The molecule has 3 heteroatoms. The topological polar surface area (TPSA) is 18.5 Å². The summed E-state index contributed by atoms with van der Waals surface area (Å²) in [5.41, 5.74) is 0. The van der Waals surface area contributed by atoms with Gasteiger partial charge in [0.05, 0.1) is 5.38 Å². The molecule has 0 bridgehead atoms. The largest absolute Gasteiger partial charge is 0.487 e. The van der Waals surface area contributed by atoms with Crippen LogP contribution < -0.4 is 4.74 Å². The van der Waals surface area contributed by atoms with Gasteiger partial charge in [-0.15, -0.1) is 11.6 Å². The molecule has 0 amide bonds. The number of ether oxygens (including phenoxy) is 2. The average Bonchev–Trinajstić information content (AvgIpc) is 2.47. The number of hydrogen-bond acceptors (Lipinski definition) is 2. The molecule has 0 saturated heterocycles. The Morgan fingerprint density at radius 3 is 2.75 bits per heavy atom. The number of fused-ring (bicyclic) bond motifs is 1. The van der Waals surface area contributed by atoms with Crippen molar-refractivity contribution in [2.75, 3.05) is 6.61 Å². The van der Waals surface area contributed by atoms with E-state index in [0.717, 1.165) is 30.6 Å². The van der Waals surface area contributed by atoms with E-state index in [1.807, 2.05) is 24.3 Å². The fourth-order valence-corrected chi connectivity index (χ4v) is 2.98. The molecule has 1 aliphatic rings. The smallest absolute Gasteiger partial charge is 0.128 e. The third-order valence-electron chi connectivity index (χ3n) is 3.72. The third-order valence-corrected chi connectivity index (χ3v) is 4.15. The molecule has 3 atom stereocenters. The fourth-order valence-electron chi connectivity index (χ4n) is 2.57. The monoisotopic (exact) mass is 290 g/mol. The molecule has 0 N–H and O–H groups in total. The summed E-state index contributed by atoms with van der Waals surface area (Å²) in [6, 6.07) is 14.4. The van der Waals surface area contributed by atoms with Gasteiger partial charge >= 0.3 is 0 Å². The lowest BCUT2D eigenvalue weighted by Gasteiger charge is -2.40. The summed E-state index contributed by atoms with van der Waals surface area (Å²) < 4.78 is 11.9. The Balaban J connectivity index is 1.76. The number of hydrogen-bond donors (Lipinski definition) is 0. The maximum Gasteiger partial charge on any atom is 0.128 e. The molecule has 1 saturated carbocycles. The molecule has 1 aliphatic carbocycles. The SMILES string of the molecule is CCCOC1C(Cl)CC1Oc1cccc2ccccc12. The summed E-state index contributed by atoms with van der Waals surface area (Å²) in [4.78, 5) is 0. The highest BCUT2D eigenvalue weighted by Crippen LogP contribution is 2.35. The van der Waals surface area contributed by atoms with Crippen molar-refractivity contribution in [3.05, 3.63) is 42.5 Å². The summed E-state index contributed by atoms with van der Waals surface area (Å²) >= 11 is 6.22. The van der Waals surface area contributed by atoms with Gasteiger partial charge in [-0.1, -0.05) is 43.3 Å². The molecule has 0 spiro atoms. The second-order valence-electron chi connectivity index (χ2n) is 5.22. The molecular formula is C17H19ClO2. The van der Waals surface area contributed by atoms with Crippen LogP contribution in [0, 0.1) is 0 Å². The minimum absolute atomic E-state index is 0.00980. The first-order chi connectivity index (χ1) is 9.79. The Hall–Kier alpha value is -1.25. The summed E-state index contributed by atoms with van der Waals surface area (Å²) in [7, 11) is 0. The molecular weight excluding hydrogens is 272 g/mol. The number of benzene rings is 2. The van der Waals surface area contributed by atoms with E-state index < -0.39 is 0 Å². The van der Waals surface area contributed by atoms with Gasteiger partial charge < -0.3 is 9.47 Å². The van der Waals surface area contributed by atoms with Crippen molar-refractivity contribution >= 4 is 22.4 Å². The summed E-state index contributed by atoms with van der Waals surface area (Å²) in [5, 5.41) is 2.40. The lowest BCUT2D eigenvalue weighted by Crippen LogP contribution is -2.52. The van der Waals surface area contributed by atoms with Gasteiger partial charge in [0.15, 0.2) is 0 Å². The van der Waals surface area contributed by atoms with Gasteiger partial charge in [-0.05, 0) is 17.9 Å². The fraction of sp³-hybridized carbons (Fsp3) is 0.412. The molecule has 106 valence electrons. The number of halogens is 1. The lowest BCUT2D eigenvalue weighted by atomic mass is 9.90. The molecule has 2 nitrogen and oxygen atoms in total. The van der Waals surface area contributed by atoms with E-state index in [1.165, 1.54) is 5.39 Å². The first-order valence-corrected chi connectivity index (χ1v) is 7.63. The predicted molar refractivity (Wildman–Crippen MR) is 82.7 cm³/mol. The van der Waals surface area contributed by atoms with Crippen LogP contribution in [0.3, 0.4) is 0 Å². The number of rotatable bonds is 5. The van der Waals surface area contributed by atoms with E-state index in [0.29, 0.717) is 0 Å². The van der Waals surface area contributed by atoms with Gasteiger partial charge in [0.2, 0.25) is 0 Å². The van der Waals surface area contributed by atoms with E-state index in [1.54, 1.807) is 0 Å². The van der Waals surface area contributed by atoms with Crippen LogP contribution >= 0.6 is 11.6 Å². The Morgan fingerprint density at radius 1 is 1.15 bits per heavy atom. The van der Waals surface area contributed by atoms with Crippen LogP contribution in [0.1, 0.15) is 19.8 Å². The molecule has 0 aromatic heterocycles. The van der Waals surface area contributed by atoms with Gasteiger partial charge in [-0.3, -0.25) is 0 Å². The first kappa shape index (κ1) is 13.7. The zero-order valence-electron chi connectivity index (χ0n) is 11.6. The van der Waals surface area contributed by atoms with Crippen molar-refractivity contribution in [3.8, 4) is 5.75 Å². The molecule has 0 radical (unpaired) electrons. The average molecular weight is 291 g/mol. The Bertz CT molecular complexity index is 579. The molecule has 1 fully saturated rings. The zero-order chi connectivity index (χ0) is 13.9. The van der Waals surface area contributed by atoms with Gasteiger partial charge in [0, 0.05) is 18.4 Å². The predicted octanol–water partition coefficient (Wildman–Crippen LogP) is 4.39. The molecule has 3 unspecified atom stereocenters. The summed E-state index contributed by atoms with van der Waals surface area (Å²) in [6.45, 7) is 2.84. The van der Waals surface area contributed by atoms with Crippen molar-refractivity contribution in [1.82, 2.24) is 0 Å². The Morgan fingerprint density at radius 2 is 1.95 bits per heavy atom. The molecule has 0 aliphatic heterocycles. The lowest BCUT2D eigenvalue weighted by molar-refractivity contribution is -0.0792. The van der Waals surface area contributed by atoms with Crippen LogP contribution in [0.15, 0.2) is 42.5 Å². The third kappa shape index (κ3) is 2.63. The van der Waals surface area contributed by atoms with Crippen LogP contribution in [0.25, 0.3) is 10.8 Å². The van der Waals surface area contributed by atoms with Crippen LogP contribution in [-0.2, 0) is 4.74 Å². The quantitative estimate of drug-likeness (QED) is 0.760. The van der Waals surface area contributed by atoms with Crippen LogP contribution in [0.4, 0.5) is 0 Å². The highest BCUT2D eigenvalue weighted by atomic mass is 35.5. The zero-order valence-corrected chi connectivity index (χ0v) is 12.3.